The van der Waals surface area contributed by atoms with Crippen LogP contribution < -0.4 is 20.1 Å². The van der Waals surface area contributed by atoms with E-state index in [4.69, 9.17) is 9.47 Å². The maximum atomic E-state index is 14.4. The fourth-order valence-electron chi connectivity index (χ4n) is 5.74. The molecule has 0 spiro atoms. The molecule has 2 bridgehead atoms. The van der Waals surface area contributed by atoms with E-state index in [1.165, 1.54) is 11.0 Å². The van der Waals surface area contributed by atoms with Crippen molar-refractivity contribution in [3.8, 4) is 5.75 Å². The minimum Gasteiger partial charge on any atom is -0.489 e. The van der Waals surface area contributed by atoms with Crippen LogP contribution in [0.3, 0.4) is 0 Å². The lowest BCUT2D eigenvalue weighted by Crippen LogP contribution is -2.56. The highest BCUT2D eigenvalue weighted by Gasteiger charge is 2.59. The molecule has 2 unspecified atom stereocenters. The number of rotatable bonds is 7. The van der Waals surface area contributed by atoms with Gasteiger partial charge in [0.15, 0.2) is 5.54 Å². The van der Waals surface area contributed by atoms with E-state index in [0.717, 1.165) is 35.5 Å². The van der Waals surface area contributed by atoms with Gasteiger partial charge < -0.3 is 19.3 Å². The fraction of sp³-hybridized carbons (Fsp3) is 0.448. The Labute approximate surface area is 224 Å². The van der Waals surface area contributed by atoms with Crippen LogP contribution in [0.25, 0.3) is 0 Å². The van der Waals surface area contributed by atoms with Crippen molar-refractivity contribution in [3.63, 3.8) is 0 Å². The van der Waals surface area contributed by atoms with E-state index in [1.807, 2.05) is 59.5 Å². The minimum absolute atomic E-state index is 0.0600. The van der Waals surface area contributed by atoms with Crippen LogP contribution in [0.4, 0.5) is 24.9 Å². The van der Waals surface area contributed by atoms with Gasteiger partial charge in [-0.1, -0.05) is 42.5 Å². The Balaban J connectivity index is 1.21. The number of aromatic nitrogens is 2. The molecule has 0 aliphatic carbocycles. The minimum atomic E-state index is -4.56. The SMILES string of the molecule is CC1(C(F)(F)F)Cn2c(nc(N3CC4CC[C@@H](C3)O4)cc2=O)N1CCc1ccc(OCc2ccccc2)cc1. The van der Waals surface area contributed by atoms with E-state index in [0.29, 0.717) is 37.7 Å². The molecule has 0 saturated carbocycles. The molecule has 0 N–H and O–H groups in total. The zero-order valence-corrected chi connectivity index (χ0v) is 21.7. The van der Waals surface area contributed by atoms with Gasteiger partial charge in [-0.05, 0) is 49.4 Å². The first-order valence-electron chi connectivity index (χ1n) is 13.3. The Morgan fingerprint density at radius 3 is 2.38 bits per heavy atom. The summed E-state index contributed by atoms with van der Waals surface area (Å²) in [4.78, 5) is 20.9. The van der Waals surface area contributed by atoms with Crippen molar-refractivity contribution in [1.29, 1.82) is 0 Å². The van der Waals surface area contributed by atoms with Crippen molar-refractivity contribution in [3.05, 3.63) is 82.1 Å². The lowest BCUT2D eigenvalue weighted by atomic mass is 10.00. The summed E-state index contributed by atoms with van der Waals surface area (Å²) in [7, 11) is 0. The van der Waals surface area contributed by atoms with E-state index in [2.05, 4.69) is 4.98 Å². The van der Waals surface area contributed by atoms with E-state index in [9.17, 15) is 18.0 Å². The molecule has 0 radical (unpaired) electrons. The summed E-state index contributed by atoms with van der Waals surface area (Å²) in [6, 6.07) is 18.5. The number of hydrogen-bond donors (Lipinski definition) is 0. The second-order valence-electron chi connectivity index (χ2n) is 10.8. The van der Waals surface area contributed by atoms with Crippen LogP contribution in [-0.4, -0.2) is 53.1 Å². The van der Waals surface area contributed by atoms with Crippen LogP contribution in [0, 0.1) is 0 Å². The Morgan fingerprint density at radius 2 is 1.72 bits per heavy atom. The molecule has 1 aromatic heterocycles. The van der Waals surface area contributed by atoms with E-state index in [-0.39, 0.29) is 24.7 Å². The van der Waals surface area contributed by atoms with E-state index in [1.54, 1.807) is 0 Å². The second-order valence-corrected chi connectivity index (χ2v) is 10.8. The number of halogens is 3. The number of anilines is 2. The van der Waals surface area contributed by atoms with Crippen molar-refractivity contribution in [2.24, 2.45) is 0 Å². The summed E-state index contributed by atoms with van der Waals surface area (Å²) in [5, 5.41) is 0. The van der Waals surface area contributed by atoms with E-state index < -0.39 is 23.8 Å². The van der Waals surface area contributed by atoms with Gasteiger partial charge in [0.25, 0.3) is 5.56 Å². The van der Waals surface area contributed by atoms with Crippen molar-refractivity contribution in [2.75, 3.05) is 29.4 Å². The average Bonchev–Trinajstić information content (AvgIpc) is 3.42. The van der Waals surface area contributed by atoms with Gasteiger partial charge >= 0.3 is 6.18 Å². The molecule has 0 amide bonds. The van der Waals surface area contributed by atoms with Crippen LogP contribution in [0.2, 0.25) is 0 Å². The van der Waals surface area contributed by atoms with Crippen LogP contribution >= 0.6 is 0 Å². The molecule has 3 atom stereocenters. The maximum Gasteiger partial charge on any atom is 0.413 e. The average molecular weight is 541 g/mol. The number of morpholine rings is 1. The van der Waals surface area contributed by atoms with Crippen molar-refractivity contribution < 1.29 is 22.6 Å². The van der Waals surface area contributed by atoms with Gasteiger partial charge in [0.05, 0.1) is 18.8 Å². The third-order valence-electron chi connectivity index (χ3n) is 8.05. The molecule has 6 rings (SSSR count). The van der Waals surface area contributed by atoms with Gasteiger partial charge in [0, 0.05) is 25.7 Å². The molecule has 2 aromatic carbocycles. The van der Waals surface area contributed by atoms with Crippen molar-refractivity contribution in [2.45, 2.75) is 63.3 Å². The number of alkyl halides is 3. The Kier molecular flexibility index (Phi) is 6.53. The maximum absolute atomic E-state index is 14.4. The predicted molar refractivity (Wildman–Crippen MR) is 141 cm³/mol. The highest BCUT2D eigenvalue weighted by Crippen LogP contribution is 2.43. The number of hydrogen-bond acceptors (Lipinski definition) is 6. The normalized spacial score (nSPS) is 24.2. The number of nitrogens with zero attached hydrogens (tertiary/aromatic N) is 4. The van der Waals surface area contributed by atoms with Gasteiger partial charge in [0.1, 0.15) is 18.2 Å². The topological polar surface area (TPSA) is 59.8 Å². The molecule has 39 heavy (non-hydrogen) atoms. The first-order valence-corrected chi connectivity index (χ1v) is 13.3. The van der Waals surface area contributed by atoms with Gasteiger partial charge in [-0.2, -0.15) is 18.2 Å². The first-order chi connectivity index (χ1) is 18.7. The Hall–Kier alpha value is -3.53. The van der Waals surface area contributed by atoms with Crippen LogP contribution in [-0.2, 0) is 24.3 Å². The highest BCUT2D eigenvalue weighted by atomic mass is 19.4. The standard InChI is InChI=1S/C29H31F3N4O3/c1-28(29(30,31)32)19-35-26(37)15-25(34-16-23-11-12-24(17-34)39-23)33-27(35)36(28)14-13-20-7-9-22(10-8-20)38-18-21-5-3-2-4-6-21/h2-10,15,23-24H,11-14,16-19H2,1H3/t23-,24?,28?/m0/s1. The van der Waals surface area contributed by atoms with Gasteiger partial charge in [0.2, 0.25) is 5.95 Å². The fourth-order valence-corrected chi connectivity index (χ4v) is 5.74. The summed E-state index contributed by atoms with van der Waals surface area (Å²) in [5.41, 5.74) is -0.791. The largest absolute Gasteiger partial charge is 0.489 e. The quantitative estimate of drug-likeness (QED) is 0.438. The lowest BCUT2D eigenvalue weighted by Gasteiger charge is -2.37. The molecule has 2 fully saturated rings. The molecule has 7 nitrogen and oxygen atoms in total. The van der Waals surface area contributed by atoms with E-state index >= 15 is 0 Å². The predicted octanol–water partition coefficient (Wildman–Crippen LogP) is 4.57. The molecule has 3 aromatic rings. The highest BCUT2D eigenvalue weighted by molar-refractivity contribution is 5.50. The summed E-state index contributed by atoms with van der Waals surface area (Å²) in [6.45, 7) is 2.32. The van der Waals surface area contributed by atoms with Crippen LogP contribution in [0.15, 0.2) is 65.5 Å². The summed E-state index contributed by atoms with van der Waals surface area (Å²) >= 11 is 0. The third-order valence-corrected chi connectivity index (χ3v) is 8.05. The molecule has 10 heteroatoms. The third kappa shape index (κ3) is 4.97. The first kappa shape index (κ1) is 25.7. The van der Waals surface area contributed by atoms with Crippen molar-refractivity contribution in [1.82, 2.24) is 9.55 Å². The van der Waals surface area contributed by atoms with Crippen molar-refractivity contribution >= 4 is 11.8 Å². The molecular weight excluding hydrogens is 509 g/mol. The molecule has 3 aliphatic heterocycles. The molecule has 2 saturated heterocycles. The molecule has 3 aliphatic rings. The molecule has 206 valence electrons. The summed E-state index contributed by atoms with van der Waals surface area (Å²) in [6.07, 6.45) is -2.18. The molecule has 4 heterocycles. The number of ether oxygens (including phenoxy) is 2. The Morgan fingerprint density at radius 1 is 1.03 bits per heavy atom. The summed E-state index contributed by atoms with van der Waals surface area (Å²) in [5.74, 6) is 1.17. The molecular formula is C29H31F3N4O3. The summed E-state index contributed by atoms with van der Waals surface area (Å²) < 4.78 is 56.2. The van der Waals surface area contributed by atoms with Gasteiger partial charge in [-0.15, -0.1) is 0 Å². The Bertz CT molecular complexity index is 1370. The van der Waals surface area contributed by atoms with Gasteiger partial charge in [-0.3, -0.25) is 9.36 Å². The number of benzene rings is 2. The number of fused-ring (bicyclic) bond motifs is 3. The zero-order valence-electron chi connectivity index (χ0n) is 21.7. The van der Waals surface area contributed by atoms with Crippen LogP contribution in [0.5, 0.6) is 5.75 Å². The zero-order chi connectivity index (χ0) is 27.2. The second kappa shape index (κ2) is 9.89. The monoisotopic (exact) mass is 540 g/mol. The van der Waals surface area contributed by atoms with Crippen LogP contribution in [0.1, 0.15) is 30.9 Å². The lowest BCUT2D eigenvalue weighted by molar-refractivity contribution is -0.182. The smallest absolute Gasteiger partial charge is 0.413 e. The van der Waals surface area contributed by atoms with Gasteiger partial charge in [-0.25, -0.2) is 0 Å².